The van der Waals surface area contributed by atoms with E-state index in [4.69, 9.17) is 0 Å². The van der Waals surface area contributed by atoms with Crippen LogP contribution in [0.4, 0.5) is 10.5 Å². The van der Waals surface area contributed by atoms with Crippen LogP contribution in [-0.4, -0.2) is 11.1 Å². The highest BCUT2D eigenvalue weighted by Gasteiger charge is 2.17. The summed E-state index contributed by atoms with van der Waals surface area (Å²) in [6, 6.07) is 5.63. The maximum atomic E-state index is 11.1. The number of amides is 2. The standard InChI is InChI=1S/C10H10N2O2S/c13-9-4-7-3-6(5-11-10(14)15)1-2-8(7)12-9/h1-3H,4-5H2,(H,12,13)(H2,11,14,15). The summed E-state index contributed by atoms with van der Waals surface area (Å²) in [6.07, 6.45) is 0.415. The van der Waals surface area contributed by atoms with Crippen molar-refractivity contribution < 1.29 is 9.59 Å². The average molecular weight is 222 g/mol. The fourth-order valence-electron chi connectivity index (χ4n) is 1.57. The van der Waals surface area contributed by atoms with E-state index in [1.54, 1.807) is 0 Å². The lowest BCUT2D eigenvalue weighted by Crippen LogP contribution is -2.15. The maximum absolute atomic E-state index is 11.1. The molecule has 0 fully saturated rings. The van der Waals surface area contributed by atoms with Gasteiger partial charge in [-0.1, -0.05) is 24.8 Å². The zero-order valence-corrected chi connectivity index (χ0v) is 8.80. The van der Waals surface area contributed by atoms with Gasteiger partial charge in [0.15, 0.2) is 0 Å². The summed E-state index contributed by atoms with van der Waals surface area (Å²) in [5.41, 5.74) is 2.81. The van der Waals surface area contributed by atoms with Crippen LogP contribution in [0.15, 0.2) is 18.2 Å². The van der Waals surface area contributed by atoms with E-state index in [9.17, 15) is 9.59 Å². The third-order valence-corrected chi connectivity index (χ3v) is 2.40. The van der Waals surface area contributed by atoms with Gasteiger partial charge in [-0.2, -0.15) is 0 Å². The molecule has 0 aliphatic carbocycles. The number of carbonyl (C=O) groups is 2. The van der Waals surface area contributed by atoms with Crippen molar-refractivity contribution in [3.63, 3.8) is 0 Å². The second-order valence-electron chi connectivity index (χ2n) is 3.38. The largest absolute Gasteiger partial charge is 0.343 e. The first kappa shape index (κ1) is 10.0. The number of anilines is 1. The first-order chi connectivity index (χ1) is 7.15. The normalized spacial score (nSPS) is 13.3. The monoisotopic (exact) mass is 222 g/mol. The number of fused-ring (bicyclic) bond motifs is 1. The molecule has 4 nitrogen and oxygen atoms in total. The van der Waals surface area contributed by atoms with Crippen LogP contribution in [0.2, 0.25) is 0 Å². The van der Waals surface area contributed by atoms with Gasteiger partial charge in [0.25, 0.3) is 5.24 Å². The van der Waals surface area contributed by atoms with Gasteiger partial charge in [0.05, 0.1) is 6.42 Å². The van der Waals surface area contributed by atoms with E-state index >= 15 is 0 Å². The van der Waals surface area contributed by atoms with Crippen LogP contribution in [0.1, 0.15) is 11.1 Å². The minimum atomic E-state index is -0.357. The van der Waals surface area contributed by atoms with Crippen molar-refractivity contribution in [2.75, 3.05) is 5.32 Å². The molecule has 1 aliphatic heterocycles. The van der Waals surface area contributed by atoms with Crippen LogP contribution >= 0.6 is 12.6 Å². The molecule has 0 saturated heterocycles. The third-order valence-electron chi connectivity index (χ3n) is 2.24. The molecule has 0 saturated carbocycles. The molecule has 1 aromatic carbocycles. The molecule has 2 amide bonds. The average Bonchev–Trinajstić information content (AvgIpc) is 2.53. The first-order valence-corrected chi connectivity index (χ1v) is 4.98. The van der Waals surface area contributed by atoms with Gasteiger partial charge in [-0.05, 0) is 17.2 Å². The van der Waals surface area contributed by atoms with Crippen molar-refractivity contribution in [3.8, 4) is 0 Å². The molecule has 0 bridgehead atoms. The Kier molecular flexibility index (Phi) is 2.64. The minimum Gasteiger partial charge on any atom is -0.343 e. The van der Waals surface area contributed by atoms with E-state index in [1.165, 1.54) is 0 Å². The Hall–Kier alpha value is -1.49. The number of nitrogens with one attached hydrogen (secondary N) is 2. The van der Waals surface area contributed by atoms with Gasteiger partial charge in [0.1, 0.15) is 0 Å². The van der Waals surface area contributed by atoms with E-state index in [0.29, 0.717) is 13.0 Å². The second kappa shape index (κ2) is 3.94. The summed E-state index contributed by atoms with van der Waals surface area (Å²) in [6.45, 7) is 0.434. The lowest BCUT2D eigenvalue weighted by Gasteiger charge is -2.04. The lowest BCUT2D eigenvalue weighted by atomic mass is 10.1. The van der Waals surface area contributed by atoms with Crippen LogP contribution in [0.3, 0.4) is 0 Å². The van der Waals surface area contributed by atoms with E-state index < -0.39 is 0 Å². The van der Waals surface area contributed by atoms with E-state index in [1.807, 2.05) is 18.2 Å². The van der Waals surface area contributed by atoms with Gasteiger partial charge in [-0.25, -0.2) is 0 Å². The lowest BCUT2D eigenvalue weighted by molar-refractivity contribution is -0.115. The molecule has 1 aromatic rings. The molecule has 0 unspecified atom stereocenters. The van der Waals surface area contributed by atoms with E-state index in [2.05, 4.69) is 23.3 Å². The number of carbonyl (C=O) groups excluding carboxylic acids is 2. The highest BCUT2D eigenvalue weighted by molar-refractivity contribution is 7.96. The molecular formula is C10H10N2O2S. The Morgan fingerprint density at radius 3 is 3.07 bits per heavy atom. The Bertz CT molecular complexity index is 431. The van der Waals surface area contributed by atoms with Gasteiger partial charge >= 0.3 is 0 Å². The summed E-state index contributed by atoms with van der Waals surface area (Å²) in [5.74, 6) is 0.0142. The molecular weight excluding hydrogens is 212 g/mol. The molecule has 0 radical (unpaired) electrons. The van der Waals surface area contributed by atoms with Crippen LogP contribution in [0, 0.1) is 0 Å². The summed E-state index contributed by atoms with van der Waals surface area (Å²) in [4.78, 5) is 21.7. The van der Waals surface area contributed by atoms with Gasteiger partial charge < -0.3 is 10.6 Å². The predicted molar refractivity (Wildman–Crippen MR) is 60.0 cm³/mol. The quantitative estimate of drug-likeness (QED) is 0.661. The summed E-state index contributed by atoms with van der Waals surface area (Å²) in [5, 5.41) is 4.98. The van der Waals surface area contributed by atoms with Crippen LogP contribution in [0.5, 0.6) is 0 Å². The Labute approximate surface area is 92.5 Å². The summed E-state index contributed by atoms with van der Waals surface area (Å²) in [7, 11) is 0. The van der Waals surface area contributed by atoms with Crippen molar-refractivity contribution in [2.24, 2.45) is 0 Å². The Morgan fingerprint density at radius 1 is 1.53 bits per heavy atom. The molecule has 78 valence electrons. The molecule has 0 aromatic heterocycles. The summed E-state index contributed by atoms with van der Waals surface area (Å²) >= 11 is 3.61. The molecule has 2 rings (SSSR count). The van der Waals surface area contributed by atoms with Crippen molar-refractivity contribution in [1.29, 1.82) is 0 Å². The first-order valence-electron chi connectivity index (χ1n) is 4.53. The molecule has 0 atom stereocenters. The molecule has 2 N–H and O–H groups in total. The number of benzene rings is 1. The maximum Gasteiger partial charge on any atom is 0.276 e. The van der Waals surface area contributed by atoms with Crippen molar-refractivity contribution in [2.45, 2.75) is 13.0 Å². The fourth-order valence-corrected chi connectivity index (χ4v) is 1.65. The van der Waals surface area contributed by atoms with Crippen LogP contribution < -0.4 is 10.6 Å². The van der Waals surface area contributed by atoms with Gasteiger partial charge in [0, 0.05) is 12.2 Å². The van der Waals surface area contributed by atoms with E-state index in [0.717, 1.165) is 16.8 Å². The van der Waals surface area contributed by atoms with Gasteiger partial charge in [0.2, 0.25) is 5.91 Å². The van der Waals surface area contributed by atoms with Gasteiger partial charge in [-0.15, -0.1) is 0 Å². The third kappa shape index (κ3) is 2.30. The fraction of sp³-hybridized carbons (Fsp3) is 0.200. The number of thiol groups is 1. The number of rotatable bonds is 2. The van der Waals surface area contributed by atoms with Crippen LogP contribution in [-0.2, 0) is 17.8 Å². The Balaban J connectivity index is 2.13. The molecule has 1 heterocycles. The highest BCUT2D eigenvalue weighted by atomic mass is 32.1. The minimum absolute atomic E-state index is 0.0142. The zero-order chi connectivity index (χ0) is 10.8. The molecule has 5 heteroatoms. The smallest absolute Gasteiger partial charge is 0.276 e. The predicted octanol–water partition coefficient (Wildman–Crippen LogP) is 1.32. The molecule has 0 spiro atoms. The van der Waals surface area contributed by atoms with Crippen molar-refractivity contribution >= 4 is 29.5 Å². The zero-order valence-electron chi connectivity index (χ0n) is 7.91. The number of hydrogen-bond acceptors (Lipinski definition) is 2. The van der Waals surface area contributed by atoms with Crippen LogP contribution in [0.25, 0.3) is 0 Å². The molecule has 15 heavy (non-hydrogen) atoms. The van der Waals surface area contributed by atoms with Crippen molar-refractivity contribution in [3.05, 3.63) is 29.3 Å². The number of hydrogen-bond donors (Lipinski definition) is 3. The second-order valence-corrected chi connectivity index (χ2v) is 3.78. The topological polar surface area (TPSA) is 58.2 Å². The molecule has 1 aliphatic rings. The SMILES string of the molecule is O=C(S)NCc1ccc2c(c1)CC(=O)N2. The van der Waals surface area contributed by atoms with Crippen molar-refractivity contribution in [1.82, 2.24) is 5.32 Å². The Morgan fingerprint density at radius 2 is 2.33 bits per heavy atom. The summed E-state index contributed by atoms with van der Waals surface area (Å²) < 4.78 is 0. The van der Waals surface area contributed by atoms with E-state index in [-0.39, 0.29) is 11.1 Å². The van der Waals surface area contributed by atoms with Gasteiger partial charge in [-0.3, -0.25) is 9.59 Å². The highest BCUT2D eigenvalue weighted by Crippen LogP contribution is 2.23.